The molecule has 0 spiro atoms. The first kappa shape index (κ1) is 34.6. The maximum atomic E-state index is 2.93. The predicted molar refractivity (Wildman–Crippen MR) is 225 cm³/mol. The lowest BCUT2D eigenvalue weighted by Gasteiger charge is -2.49. The zero-order chi connectivity index (χ0) is 35.6. The normalized spacial score (nSPS) is 30.3. The third-order valence-electron chi connectivity index (χ3n) is 15.2. The molecule has 5 aliphatic rings. The van der Waals surface area contributed by atoms with Gasteiger partial charge in [0, 0.05) is 31.2 Å². The van der Waals surface area contributed by atoms with Gasteiger partial charge in [-0.1, -0.05) is 115 Å². The summed E-state index contributed by atoms with van der Waals surface area (Å²) in [5.41, 5.74) is 7.88. The monoisotopic (exact) mass is 709 g/mol. The molecule has 0 amide bonds. The second kappa shape index (κ2) is 13.6. The smallest absolute Gasteiger partial charge is 0.244 e. The van der Waals surface area contributed by atoms with Gasteiger partial charge in [0.25, 0.3) is 5.84 Å². The first-order chi connectivity index (χ1) is 25.4. The third kappa shape index (κ3) is 5.10. The van der Waals surface area contributed by atoms with Crippen molar-refractivity contribution in [3.8, 4) is 0 Å². The number of fused-ring (bicyclic) bond motifs is 7. The summed E-state index contributed by atoms with van der Waals surface area (Å²) in [5, 5.41) is 3.03. The standard InChI is InChI=1S/C49H61N2S/c1-6-9-19-33-28-30-35(31-29-33)39-32-38(34-20-11-10-12-21-34)45(44-37-23-14-18-27-43(37)52-46(39)44)50-41-25-16-17-26-42(41)51-47(50)36-22-13-15-24-40(36)48(4,7-2)49(51,5)8-3/h13-18,22-27,32-35,41-42H,6-12,19-21,28-31H2,1-5H3/q+1. The van der Waals surface area contributed by atoms with Crippen molar-refractivity contribution < 1.29 is 4.58 Å². The average Bonchev–Trinajstić information content (AvgIpc) is 3.76. The summed E-state index contributed by atoms with van der Waals surface area (Å²) >= 11 is 2.10. The van der Waals surface area contributed by atoms with Crippen molar-refractivity contribution in [3.05, 3.63) is 101 Å². The van der Waals surface area contributed by atoms with Gasteiger partial charge in [0.15, 0.2) is 12.1 Å². The quantitative estimate of drug-likeness (QED) is 0.165. The highest BCUT2D eigenvalue weighted by Crippen LogP contribution is 2.56. The maximum absolute atomic E-state index is 2.93. The molecule has 2 nitrogen and oxygen atoms in total. The van der Waals surface area contributed by atoms with E-state index >= 15 is 0 Å². The topological polar surface area (TPSA) is 6.25 Å². The molecule has 0 N–H and O–H groups in total. The molecule has 272 valence electrons. The molecule has 52 heavy (non-hydrogen) atoms. The Hall–Kier alpha value is -3.17. The Labute approximate surface area is 317 Å². The SMILES string of the molecule is CCCCC1CCC(c2cc(C3CCCCC3)c(N3C4=[N+](C5C=CC=CC53)C(C)(CC)C(C)(CC)c3ccccc34)c3c2sc2ccccc23)CC1. The van der Waals surface area contributed by atoms with Crippen LogP contribution in [0.1, 0.15) is 159 Å². The van der Waals surface area contributed by atoms with Crippen molar-refractivity contribution in [2.45, 2.75) is 159 Å². The first-order valence-electron chi connectivity index (χ1n) is 21.3. The van der Waals surface area contributed by atoms with Crippen molar-refractivity contribution in [2.24, 2.45) is 5.92 Å². The summed E-state index contributed by atoms with van der Waals surface area (Å²) in [7, 11) is 0. The molecule has 2 saturated carbocycles. The zero-order valence-corrected chi connectivity index (χ0v) is 33.4. The van der Waals surface area contributed by atoms with E-state index in [9.17, 15) is 0 Å². The lowest BCUT2D eigenvalue weighted by molar-refractivity contribution is -0.635. The largest absolute Gasteiger partial charge is 0.286 e. The van der Waals surface area contributed by atoms with Gasteiger partial charge in [-0.15, -0.1) is 11.3 Å². The Bertz CT molecular complexity index is 2070. The van der Waals surface area contributed by atoms with Crippen LogP contribution in [0.2, 0.25) is 0 Å². The number of rotatable bonds is 8. The Morgan fingerprint density at radius 1 is 0.788 bits per heavy atom. The van der Waals surface area contributed by atoms with Crippen LogP contribution in [0.4, 0.5) is 5.69 Å². The van der Waals surface area contributed by atoms with Crippen LogP contribution in [0, 0.1) is 5.92 Å². The molecular weight excluding hydrogens is 649 g/mol. The van der Waals surface area contributed by atoms with Gasteiger partial charge in [-0.3, -0.25) is 0 Å². The number of anilines is 1. The molecule has 4 aromatic rings. The van der Waals surface area contributed by atoms with Crippen LogP contribution in [-0.2, 0) is 5.41 Å². The summed E-state index contributed by atoms with van der Waals surface area (Å²) in [6.07, 6.45) is 28.4. The van der Waals surface area contributed by atoms with Gasteiger partial charge in [0.05, 0.1) is 5.56 Å². The maximum Gasteiger partial charge on any atom is 0.286 e. The van der Waals surface area contributed by atoms with E-state index in [1.54, 1.807) is 26.9 Å². The lowest BCUT2D eigenvalue weighted by atomic mass is 9.61. The van der Waals surface area contributed by atoms with Gasteiger partial charge in [0.2, 0.25) is 0 Å². The Morgan fingerprint density at radius 2 is 1.52 bits per heavy atom. The van der Waals surface area contributed by atoms with Gasteiger partial charge in [-0.2, -0.15) is 0 Å². The number of hydrogen-bond acceptors (Lipinski definition) is 2. The first-order valence-corrected chi connectivity index (χ1v) is 22.1. The molecule has 3 heterocycles. The molecule has 2 aliphatic heterocycles. The highest BCUT2D eigenvalue weighted by molar-refractivity contribution is 7.26. The number of allylic oxidation sites excluding steroid dienone is 2. The van der Waals surface area contributed by atoms with Crippen molar-refractivity contribution in [2.75, 3.05) is 4.90 Å². The summed E-state index contributed by atoms with van der Waals surface area (Å²) in [5.74, 6) is 3.66. The molecule has 0 saturated heterocycles. The van der Waals surface area contributed by atoms with E-state index in [4.69, 9.17) is 0 Å². The van der Waals surface area contributed by atoms with Crippen LogP contribution in [-0.4, -0.2) is 28.0 Å². The summed E-state index contributed by atoms with van der Waals surface area (Å²) in [6.45, 7) is 12.4. The summed E-state index contributed by atoms with van der Waals surface area (Å²) in [6, 6.07) is 22.3. The van der Waals surface area contributed by atoms with Crippen LogP contribution >= 0.6 is 11.3 Å². The lowest BCUT2D eigenvalue weighted by Crippen LogP contribution is -2.61. The minimum atomic E-state index is -0.0319. The van der Waals surface area contributed by atoms with Gasteiger partial charge in [-0.25, -0.2) is 9.48 Å². The number of benzene rings is 3. The molecule has 4 atom stereocenters. The van der Waals surface area contributed by atoms with Crippen molar-refractivity contribution >= 4 is 43.0 Å². The van der Waals surface area contributed by atoms with E-state index in [-0.39, 0.29) is 17.0 Å². The van der Waals surface area contributed by atoms with Gasteiger partial charge < -0.3 is 0 Å². The zero-order valence-electron chi connectivity index (χ0n) is 32.6. The number of nitrogens with zero attached hydrogens (tertiary/aromatic N) is 2. The molecule has 9 rings (SSSR count). The van der Waals surface area contributed by atoms with Gasteiger partial charge >= 0.3 is 0 Å². The predicted octanol–water partition coefficient (Wildman–Crippen LogP) is 13.6. The number of unbranched alkanes of at least 4 members (excludes halogenated alkanes) is 1. The fourth-order valence-corrected chi connectivity index (χ4v) is 13.2. The van der Waals surface area contributed by atoms with E-state index < -0.39 is 0 Å². The second-order valence-corrected chi connectivity index (χ2v) is 18.6. The molecule has 2 fully saturated rings. The van der Waals surface area contributed by atoms with Crippen LogP contribution < -0.4 is 4.90 Å². The van der Waals surface area contributed by atoms with E-state index in [1.807, 2.05) is 0 Å². The molecule has 3 aliphatic carbocycles. The molecular formula is C49H61N2S+. The average molecular weight is 710 g/mol. The minimum absolute atomic E-state index is 0.0319. The van der Waals surface area contributed by atoms with E-state index in [0.717, 1.165) is 18.8 Å². The van der Waals surface area contributed by atoms with E-state index in [1.165, 1.54) is 104 Å². The summed E-state index contributed by atoms with van der Waals surface area (Å²) in [4.78, 5) is 2.92. The number of amidine groups is 1. The molecule has 3 aromatic carbocycles. The van der Waals surface area contributed by atoms with E-state index in [0.29, 0.717) is 17.9 Å². The van der Waals surface area contributed by atoms with Gasteiger partial charge in [0.1, 0.15) is 11.2 Å². The third-order valence-corrected chi connectivity index (χ3v) is 16.4. The fraction of sp³-hybridized carbons (Fsp3) is 0.531. The molecule has 0 radical (unpaired) electrons. The van der Waals surface area contributed by atoms with Gasteiger partial charge in [-0.05, 0) is 118 Å². The molecule has 0 bridgehead atoms. The Morgan fingerprint density at radius 3 is 2.29 bits per heavy atom. The van der Waals surface area contributed by atoms with Crippen LogP contribution in [0.5, 0.6) is 0 Å². The number of hydrogen-bond donors (Lipinski definition) is 0. The Kier molecular flexibility index (Phi) is 9.04. The van der Waals surface area contributed by atoms with Crippen molar-refractivity contribution in [1.82, 2.24) is 0 Å². The Balaban J connectivity index is 1.34. The highest BCUT2D eigenvalue weighted by atomic mass is 32.1. The van der Waals surface area contributed by atoms with Crippen molar-refractivity contribution in [1.29, 1.82) is 0 Å². The molecule has 1 aromatic heterocycles. The fourth-order valence-electron chi connectivity index (χ4n) is 11.9. The molecule has 3 heteroatoms. The molecule has 4 unspecified atom stereocenters. The second-order valence-electron chi connectivity index (χ2n) is 17.6. The summed E-state index contributed by atoms with van der Waals surface area (Å²) < 4.78 is 5.97. The van der Waals surface area contributed by atoms with Crippen LogP contribution in [0.3, 0.4) is 0 Å². The minimum Gasteiger partial charge on any atom is -0.244 e. The highest BCUT2D eigenvalue weighted by Gasteiger charge is 2.63. The van der Waals surface area contributed by atoms with Crippen LogP contribution in [0.15, 0.2) is 78.9 Å². The van der Waals surface area contributed by atoms with Crippen LogP contribution in [0.25, 0.3) is 20.2 Å². The number of thiophene rings is 1. The van der Waals surface area contributed by atoms with Crippen molar-refractivity contribution in [3.63, 3.8) is 0 Å². The van der Waals surface area contributed by atoms with E-state index in [2.05, 4.69) is 134 Å².